The smallest absolute Gasteiger partial charge is 0.218 e. The molecule has 0 bridgehead atoms. The number of nitrogens with zero attached hydrogens (tertiary/aromatic N) is 1. The Hall–Kier alpha value is -1.21. The Balaban J connectivity index is 2.09. The lowest BCUT2D eigenvalue weighted by atomic mass is 10.1. The standard InChI is InChI=1S/C14H18N2O2S2/c1-16(9-14-5-6-19-10-14)20(17,18)11-13-4-2-3-12(7-13)8-15/h2-7,10H,8-9,11,15H2,1H3. The Morgan fingerprint density at radius 1 is 1.20 bits per heavy atom. The molecule has 108 valence electrons. The summed E-state index contributed by atoms with van der Waals surface area (Å²) in [5.74, 6) is 0.00147. The van der Waals surface area contributed by atoms with Crippen LogP contribution < -0.4 is 5.73 Å². The van der Waals surface area contributed by atoms with Crippen LogP contribution in [-0.4, -0.2) is 19.8 Å². The summed E-state index contributed by atoms with van der Waals surface area (Å²) >= 11 is 1.57. The van der Waals surface area contributed by atoms with Gasteiger partial charge in [-0.05, 0) is 33.5 Å². The molecule has 4 nitrogen and oxygen atoms in total. The highest BCUT2D eigenvalue weighted by molar-refractivity contribution is 7.88. The average Bonchev–Trinajstić information content (AvgIpc) is 2.91. The van der Waals surface area contributed by atoms with E-state index < -0.39 is 10.0 Å². The fourth-order valence-corrected chi connectivity index (χ4v) is 3.73. The van der Waals surface area contributed by atoms with Crippen LogP contribution in [0.15, 0.2) is 41.1 Å². The third-order valence-corrected chi connectivity index (χ3v) is 5.55. The number of hydrogen-bond acceptors (Lipinski definition) is 4. The summed E-state index contributed by atoms with van der Waals surface area (Å²) in [7, 11) is -1.71. The Morgan fingerprint density at radius 2 is 1.95 bits per heavy atom. The molecule has 0 saturated carbocycles. The zero-order valence-electron chi connectivity index (χ0n) is 11.3. The van der Waals surface area contributed by atoms with Crippen LogP contribution in [-0.2, 0) is 28.9 Å². The number of sulfonamides is 1. The second-order valence-corrected chi connectivity index (χ2v) is 7.52. The van der Waals surface area contributed by atoms with E-state index in [1.54, 1.807) is 18.4 Å². The minimum Gasteiger partial charge on any atom is -0.326 e. The molecule has 0 aliphatic heterocycles. The second-order valence-electron chi connectivity index (χ2n) is 4.67. The van der Waals surface area contributed by atoms with Gasteiger partial charge in [-0.3, -0.25) is 0 Å². The van der Waals surface area contributed by atoms with E-state index in [0.717, 1.165) is 16.7 Å². The normalized spacial score (nSPS) is 11.9. The molecule has 2 rings (SSSR count). The maximum Gasteiger partial charge on any atom is 0.218 e. The van der Waals surface area contributed by atoms with Crippen molar-refractivity contribution in [2.75, 3.05) is 7.05 Å². The van der Waals surface area contributed by atoms with Gasteiger partial charge < -0.3 is 5.73 Å². The highest BCUT2D eigenvalue weighted by atomic mass is 32.2. The topological polar surface area (TPSA) is 63.4 Å². The van der Waals surface area contributed by atoms with Crippen LogP contribution in [0.2, 0.25) is 0 Å². The Bertz CT molecular complexity index is 652. The molecule has 0 aliphatic carbocycles. The van der Waals surface area contributed by atoms with Gasteiger partial charge in [-0.2, -0.15) is 11.3 Å². The minimum absolute atomic E-state index is 0.00147. The van der Waals surface area contributed by atoms with Crippen molar-refractivity contribution in [3.8, 4) is 0 Å². The van der Waals surface area contributed by atoms with Gasteiger partial charge >= 0.3 is 0 Å². The van der Waals surface area contributed by atoms with Gasteiger partial charge in [-0.25, -0.2) is 12.7 Å². The monoisotopic (exact) mass is 310 g/mol. The van der Waals surface area contributed by atoms with E-state index in [2.05, 4.69) is 0 Å². The molecule has 2 N–H and O–H groups in total. The van der Waals surface area contributed by atoms with E-state index in [0.29, 0.717) is 13.1 Å². The number of hydrogen-bond donors (Lipinski definition) is 1. The molecule has 2 aromatic rings. The lowest BCUT2D eigenvalue weighted by Crippen LogP contribution is -2.27. The lowest BCUT2D eigenvalue weighted by Gasteiger charge is -2.16. The van der Waals surface area contributed by atoms with Crippen molar-refractivity contribution in [1.29, 1.82) is 0 Å². The molecule has 6 heteroatoms. The second kappa shape index (κ2) is 6.49. The number of benzene rings is 1. The zero-order chi connectivity index (χ0) is 14.6. The first kappa shape index (κ1) is 15.2. The van der Waals surface area contributed by atoms with Crippen LogP contribution >= 0.6 is 11.3 Å². The fraction of sp³-hybridized carbons (Fsp3) is 0.286. The van der Waals surface area contributed by atoms with Gasteiger partial charge in [0.05, 0.1) is 5.75 Å². The molecule has 0 saturated heterocycles. The summed E-state index contributed by atoms with van der Waals surface area (Å²) in [6.45, 7) is 0.820. The third kappa shape index (κ3) is 3.89. The highest BCUT2D eigenvalue weighted by Gasteiger charge is 2.19. The summed E-state index contributed by atoms with van der Waals surface area (Å²) < 4.78 is 26.0. The van der Waals surface area contributed by atoms with E-state index in [1.807, 2.05) is 41.1 Å². The number of nitrogens with two attached hydrogens (primary N) is 1. The molecule has 0 unspecified atom stereocenters. The van der Waals surface area contributed by atoms with E-state index in [9.17, 15) is 8.42 Å². The summed E-state index contributed by atoms with van der Waals surface area (Å²) in [4.78, 5) is 0. The highest BCUT2D eigenvalue weighted by Crippen LogP contribution is 2.15. The van der Waals surface area contributed by atoms with Crippen molar-refractivity contribution in [2.45, 2.75) is 18.8 Å². The first-order valence-corrected chi connectivity index (χ1v) is 8.79. The minimum atomic E-state index is -3.32. The summed E-state index contributed by atoms with van der Waals surface area (Å²) in [5, 5.41) is 3.90. The molecule has 0 amide bonds. The van der Waals surface area contributed by atoms with Crippen molar-refractivity contribution in [3.05, 3.63) is 57.8 Å². The molecule has 0 spiro atoms. The predicted molar refractivity (Wildman–Crippen MR) is 82.7 cm³/mol. The van der Waals surface area contributed by atoms with Crippen LogP contribution in [0.25, 0.3) is 0 Å². The van der Waals surface area contributed by atoms with Gasteiger partial charge in [-0.15, -0.1) is 0 Å². The van der Waals surface area contributed by atoms with Crippen LogP contribution in [0.4, 0.5) is 0 Å². The third-order valence-electron chi connectivity index (χ3n) is 3.04. The molecular weight excluding hydrogens is 292 g/mol. The van der Waals surface area contributed by atoms with Gasteiger partial charge in [0.15, 0.2) is 0 Å². The van der Waals surface area contributed by atoms with Crippen LogP contribution in [0, 0.1) is 0 Å². The largest absolute Gasteiger partial charge is 0.326 e. The summed E-state index contributed by atoms with van der Waals surface area (Å²) in [6.07, 6.45) is 0. The fourth-order valence-electron chi connectivity index (χ4n) is 1.91. The van der Waals surface area contributed by atoms with E-state index in [1.165, 1.54) is 4.31 Å². The summed E-state index contributed by atoms with van der Waals surface area (Å²) in [5.41, 5.74) is 8.30. The molecule has 0 aliphatic rings. The summed E-state index contributed by atoms with van der Waals surface area (Å²) in [6, 6.07) is 9.33. The Kier molecular flexibility index (Phi) is 4.93. The van der Waals surface area contributed by atoms with E-state index in [4.69, 9.17) is 5.73 Å². The van der Waals surface area contributed by atoms with Crippen LogP contribution in [0.1, 0.15) is 16.7 Å². The number of thiophene rings is 1. The predicted octanol–water partition coefficient (Wildman–Crippen LogP) is 2.17. The van der Waals surface area contributed by atoms with Crippen molar-refractivity contribution in [1.82, 2.24) is 4.31 Å². The molecule has 1 aromatic carbocycles. The molecule has 1 heterocycles. The van der Waals surface area contributed by atoms with Crippen molar-refractivity contribution in [3.63, 3.8) is 0 Å². The molecule has 0 radical (unpaired) electrons. The average molecular weight is 310 g/mol. The Morgan fingerprint density at radius 3 is 2.60 bits per heavy atom. The Labute approximate surface area is 123 Å². The first-order chi connectivity index (χ1) is 9.51. The maximum atomic E-state index is 12.3. The molecule has 0 atom stereocenters. The SMILES string of the molecule is CN(Cc1ccsc1)S(=O)(=O)Cc1cccc(CN)c1. The van der Waals surface area contributed by atoms with Gasteiger partial charge in [0.25, 0.3) is 0 Å². The van der Waals surface area contributed by atoms with Gasteiger partial charge in [0.2, 0.25) is 10.0 Å². The van der Waals surface area contributed by atoms with Crippen molar-refractivity contribution in [2.24, 2.45) is 5.73 Å². The van der Waals surface area contributed by atoms with Gasteiger partial charge in [0.1, 0.15) is 0 Å². The van der Waals surface area contributed by atoms with Crippen molar-refractivity contribution >= 4 is 21.4 Å². The van der Waals surface area contributed by atoms with E-state index >= 15 is 0 Å². The lowest BCUT2D eigenvalue weighted by molar-refractivity contribution is 0.466. The van der Waals surface area contributed by atoms with E-state index in [-0.39, 0.29) is 5.75 Å². The number of rotatable bonds is 6. The van der Waals surface area contributed by atoms with Gasteiger partial charge in [0, 0.05) is 20.1 Å². The molecule has 20 heavy (non-hydrogen) atoms. The van der Waals surface area contributed by atoms with Crippen LogP contribution in [0.3, 0.4) is 0 Å². The maximum absolute atomic E-state index is 12.3. The molecule has 1 aromatic heterocycles. The van der Waals surface area contributed by atoms with Crippen molar-refractivity contribution < 1.29 is 8.42 Å². The molecule has 0 fully saturated rings. The van der Waals surface area contributed by atoms with Gasteiger partial charge in [-0.1, -0.05) is 24.3 Å². The van der Waals surface area contributed by atoms with Crippen LogP contribution in [0.5, 0.6) is 0 Å². The zero-order valence-corrected chi connectivity index (χ0v) is 13.0. The molecular formula is C14H18N2O2S2. The quantitative estimate of drug-likeness (QED) is 0.889. The first-order valence-electron chi connectivity index (χ1n) is 6.24.